The number of anilines is 1. The molecule has 18 heavy (non-hydrogen) atoms. The van der Waals surface area contributed by atoms with Crippen LogP contribution in [0.1, 0.15) is 12.0 Å². The van der Waals surface area contributed by atoms with Gasteiger partial charge in [-0.15, -0.1) is 3.89 Å². The zero-order valence-corrected chi connectivity index (χ0v) is 10.0. The van der Waals surface area contributed by atoms with E-state index in [0.29, 0.717) is 11.3 Å². The number of halogens is 1. The molecule has 0 aromatic heterocycles. The van der Waals surface area contributed by atoms with Gasteiger partial charge in [-0.25, -0.2) is 0 Å². The van der Waals surface area contributed by atoms with E-state index in [9.17, 15) is 17.1 Å². The molecule has 1 heterocycles. The minimum absolute atomic E-state index is 0.191. The van der Waals surface area contributed by atoms with E-state index in [2.05, 4.69) is 0 Å². The van der Waals surface area contributed by atoms with E-state index in [4.69, 9.17) is 5.26 Å². The van der Waals surface area contributed by atoms with Gasteiger partial charge in [0.05, 0.1) is 11.6 Å². The van der Waals surface area contributed by atoms with Gasteiger partial charge in [0.15, 0.2) is 0 Å². The maximum atomic E-state index is 12.8. The molecule has 94 valence electrons. The normalized spacial score (nSPS) is 19.9. The van der Waals surface area contributed by atoms with Crippen LogP contribution in [-0.2, 0) is 15.0 Å². The molecule has 0 aliphatic carbocycles. The lowest BCUT2D eigenvalue weighted by Gasteiger charge is -2.15. The first-order chi connectivity index (χ1) is 8.41. The lowest BCUT2D eigenvalue weighted by atomic mass is 10.2. The fraction of sp³-hybridized carbons (Fsp3) is 0.273. The minimum Gasteiger partial charge on any atom is -0.311 e. The summed E-state index contributed by atoms with van der Waals surface area (Å²) in [7, 11) is -4.70. The van der Waals surface area contributed by atoms with Crippen molar-refractivity contribution in [3.8, 4) is 6.07 Å². The average Bonchev–Trinajstić information content (AvgIpc) is 2.71. The largest absolute Gasteiger partial charge is 0.311 e. The summed E-state index contributed by atoms with van der Waals surface area (Å²) in [5, 5.41) is 7.33. The summed E-state index contributed by atoms with van der Waals surface area (Å²) in [6.07, 6.45) is -0.348. The van der Waals surface area contributed by atoms with E-state index >= 15 is 0 Å². The number of nitriles is 1. The Morgan fingerprint density at radius 3 is 2.39 bits per heavy atom. The number of benzene rings is 1. The summed E-state index contributed by atoms with van der Waals surface area (Å²) in [6, 6.07) is 8.02. The van der Waals surface area contributed by atoms with Crippen molar-refractivity contribution < 1.29 is 17.1 Å². The Labute approximate surface area is 104 Å². The first-order valence-corrected chi connectivity index (χ1v) is 6.60. The third kappa shape index (κ3) is 2.33. The van der Waals surface area contributed by atoms with Crippen LogP contribution in [0.5, 0.6) is 0 Å². The van der Waals surface area contributed by atoms with Gasteiger partial charge in [0.25, 0.3) is 0 Å². The third-order valence-electron chi connectivity index (χ3n) is 2.80. The van der Waals surface area contributed by atoms with Gasteiger partial charge < -0.3 is 4.90 Å². The van der Waals surface area contributed by atoms with Crippen molar-refractivity contribution >= 4 is 21.8 Å². The Hall–Kier alpha value is -1.94. The predicted octanol–water partition coefficient (Wildman–Crippen LogP) is 0.963. The highest BCUT2D eigenvalue weighted by Gasteiger charge is 2.38. The Balaban J connectivity index is 2.25. The fourth-order valence-corrected chi connectivity index (χ4v) is 2.50. The topological polar surface area (TPSA) is 78.2 Å². The van der Waals surface area contributed by atoms with Crippen molar-refractivity contribution in [2.75, 3.05) is 11.4 Å². The van der Waals surface area contributed by atoms with E-state index < -0.39 is 21.4 Å². The van der Waals surface area contributed by atoms with Gasteiger partial charge in [0, 0.05) is 18.7 Å². The van der Waals surface area contributed by atoms with Crippen LogP contribution in [0.4, 0.5) is 9.57 Å². The van der Waals surface area contributed by atoms with Crippen LogP contribution in [0, 0.1) is 11.3 Å². The highest BCUT2D eigenvalue weighted by molar-refractivity contribution is 7.87. The summed E-state index contributed by atoms with van der Waals surface area (Å²) in [5.74, 6) is -0.439. The number of amides is 1. The monoisotopic (exact) mass is 268 g/mol. The molecule has 5 nitrogen and oxygen atoms in total. The predicted molar refractivity (Wildman–Crippen MR) is 61.9 cm³/mol. The first kappa shape index (κ1) is 12.5. The molecule has 0 spiro atoms. The van der Waals surface area contributed by atoms with E-state index in [-0.39, 0.29) is 13.0 Å². The number of hydrogen-bond acceptors (Lipinski definition) is 4. The number of nitrogens with zero attached hydrogens (tertiary/aromatic N) is 2. The van der Waals surface area contributed by atoms with Crippen molar-refractivity contribution in [2.45, 2.75) is 11.7 Å². The SMILES string of the molecule is N#Cc1ccc(N2CC(S(=O)(=O)F)CC2=O)cc1. The second kappa shape index (κ2) is 4.38. The van der Waals surface area contributed by atoms with Crippen LogP contribution in [0.15, 0.2) is 24.3 Å². The fourth-order valence-electron chi connectivity index (χ4n) is 1.83. The molecule has 2 rings (SSSR count). The van der Waals surface area contributed by atoms with Crippen LogP contribution in [-0.4, -0.2) is 26.1 Å². The maximum Gasteiger partial charge on any atom is 0.307 e. The molecule has 0 saturated carbocycles. The lowest BCUT2D eigenvalue weighted by molar-refractivity contribution is -0.117. The molecule has 1 amide bonds. The number of hydrogen-bond donors (Lipinski definition) is 0. The molecule has 0 bridgehead atoms. The smallest absolute Gasteiger partial charge is 0.307 e. The molecule has 0 radical (unpaired) electrons. The van der Waals surface area contributed by atoms with Crippen LogP contribution >= 0.6 is 0 Å². The van der Waals surface area contributed by atoms with Gasteiger partial charge in [-0.3, -0.25) is 4.79 Å². The van der Waals surface area contributed by atoms with Gasteiger partial charge >= 0.3 is 10.2 Å². The maximum absolute atomic E-state index is 12.8. The van der Waals surface area contributed by atoms with Crippen LogP contribution in [0.25, 0.3) is 0 Å². The van der Waals surface area contributed by atoms with E-state index in [1.54, 1.807) is 0 Å². The molecule has 7 heteroatoms. The molecular weight excluding hydrogens is 259 g/mol. The summed E-state index contributed by atoms with van der Waals surface area (Å²) in [6.45, 7) is -0.191. The van der Waals surface area contributed by atoms with Crippen molar-refractivity contribution in [2.24, 2.45) is 0 Å². The molecule has 1 atom stereocenters. The zero-order valence-electron chi connectivity index (χ0n) is 9.21. The quantitative estimate of drug-likeness (QED) is 0.748. The molecule has 1 aromatic rings. The highest BCUT2D eigenvalue weighted by atomic mass is 32.3. The van der Waals surface area contributed by atoms with Crippen molar-refractivity contribution in [3.05, 3.63) is 29.8 Å². The molecular formula is C11H9FN2O3S. The first-order valence-electron chi connectivity index (χ1n) is 5.16. The summed E-state index contributed by atoms with van der Waals surface area (Å²) < 4.78 is 34.4. The Morgan fingerprint density at radius 2 is 1.94 bits per heavy atom. The summed E-state index contributed by atoms with van der Waals surface area (Å²) in [5.41, 5.74) is 0.894. The molecule has 1 unspecified atom stereocenters. The summed E-state index contributed by atoms with van der Waals surface area (Å²) >= 11 is 0. The molecule has 1 saturated heterocycles. The Bertz CT molecular complexity index is 619. The van der Waals surface area contributed by atoms with Crippen LogP contribution in [0.2, 0.25) is 0 Å². The molecule has 1 aromatic carbocycles. The van der Waals surface area contributed by atoms with Crippen molar-refractivity contribution in [1.29, 1.82) is 5.26 Å². The lowest BCUT2D eigenvalue weighted by Crippen LogP contribution is -2.26. The minimum atomic E-state index is -4.70. The summed E-state index contributed by atoms with van der Waals surface area (Å²) in [4.78, 5) is 12.8. The number of carbonyl (C=O) groups is 1. The van der Waals surface area contributed by atoms with Crippen molar-refractivity contribution in [3.63, 3.8) is 0 Å². The second-order valence-corrected chi connectivity index (χ2v) is 5.58. The molecule has 0 N–H and O–H groups in total. The van der Waals surface area contributed by atoms with Gasteiger partial charge in [0.1, 0.15) is 5.25 Å². The van der Waals surface area contributed by atoms with Gasteiger partial charge in [-0.05, 0) is 24.3 Å². The standard InChI is InChI=1S/C11H9FN2O3S/c12-18(16,17)10-5-11(15)14(7-10)9-3-1-8(6-13)2-4-9/h1-4,10H,5,7H2. The molecule has 1 aliphatic rings. The van der Waals surface area contributed by atoms with Crippen molar-refractivity contribution in [1.82, 2.24) is 0 Å². The Kier molecular flexibility index (Phi) is 3.05. The molecule has 1 aliphatic heterocycles. The van der Waals surface area contributed by atoms with Gasteiger partial charge in [-0.2, -0.15) is 13.7 Å². The molecule has 1 fully saturated rings. The Morgan fingerprint density at radius 1 is 1.33 bits per heavy atom. The van der Waals surface area contributed by atoms with E-state index in [0.717, 1.165) is 0 Å². The third-order valence-corrected chi connectivity index (χ3v) is 3.91. The zero-order chi connectivity index (χ0) is 13.3. The van der Waals surface area contributed by atoms with Crippen LogP contribution in [0.3, 0.4) is 0 Å². The average molecular weight is 268 g/mol. The van der Waals surface area contributed by atoms with E-state index in [1.165, 1.54) is 29.2 Å². The van der Waals surface area contributed by atoms with Gasteiger partial charge in [-0.1, -0.05) is 0 Å². The van der Waals surface area contributed by atoms with Gasteiger partial charge in [0.2, 0.25) is 5.91 Å². The van der Waals surface area contributed by atoms with Crippen LogP contribution < -0.4 is 4.90 Å². The highest BCUT2D eigenvalue weighted by Crippen LogP contribution is 2.25. The number of rotatable bonds is 2. The number of carbonyl (C=O) groups excluding carboxylic acids is 1. The second-order valence-electron chi connectivity index (χ2n) is 3.96. The van der Waals surface area contributed by atoms with E-state index in [1.807, 2.05) is 6.07 Å².